The van der Waals surface area contributed by atoms with Crippen molar-refractivity contribution in [3.05, 3.63) is 24.3 Å². The zero-order valence-electron chi connectivity index (χ0n) is 11.7. The number of ether oxygens (including phenoxy) is 2. The van der Waals surface area contributed by atoms with Crippen molar-refractivity contribution >= 4 is 17.3 Å². The van der Waals surface area contributed by atoms with Gasteiger partial charge in [0.2, 0.25) is 5.91 Å². The van der Waals surface area contributed by atoms with Crippen LogP contribution in [0, 0.1) is 0 Å². The number of rotatable bonds is 7. The molecule has 3 N–H and O–H groups in total. The number of amides is 1. The molecular weight excluding hydrogens is 244 g/mol. The third-order valence-corrected chi connectivity index (χ3v) is 2.80. The Morgan fingerprint density at radius 2 is 2.16 bits per heavy atom. The summed E-state index contributed by atoms with van der Waals surface area (Å²) in [7, 11) is 1.66. The monoisotopic (exact) mass is 266 g/mol. The van der Waals surface area contributed by atoms with Gasteiger partial charge in [0.15, 0.2) is 0 Å². The number of methoxy groups -OCH3 is 1. The van der Waals surface area contributed by atoms with Gasteiger partial charge in [-0.05, 0) is 38.5 Å². The number of hydrogen-bond donors (Lipinski definition) is 2. The second-order valence-corrected chi connectivity index (χ2v) is 4.94. The lowest BCUT2D eigenvalue weighted by Gasteiger charge is -2.22. The molecule has 0 bridgehead atoms. The first-order chi connectivity index (χ1) is 8.93. The standard InChI is InChI=1S/C14H22N2O3/c1-14(2,18-3)7-8-19-10-13(17)16-12-6-4-5-11(15)9-12/h4-6,9H,7-8,10,15H2,1-3H3,(H,16,17). The zero-order valence-corrected chi connectivity index (χ0v) is 11.7. The fraction of sp³-hybridized carbons (Fsp3) is 0.500. The summed E-state index contributed by atoms with van der Waals surface area (Å²) >= 11 is 0. The molecule has 0 saturated carbocycles. The molecule has 0 radical (unpaired) electrons. The molecule has 1 amide bonds. The second kappa shape index (κ2) is 7.11. The van der Waals surface area contributed by atoms with E-state index in [9.17, 15) is 4.79 Å². The maximum atomic E-state index is 11.6. The van der Waals surface area contributed by atoms with Gasteiger partial charge in [0, 0.05) is 25.1 Å². The van der Waals surface area contributed by atoms with E-state index in [0.717, 1.165) is 6.42 Å². The molecule has 0 unspecified atom stereocenters. The van der Waals surface area contributed by atoms with Crippen LogP contribution in [0.25, 0.3) is 0 Å². The average Bonchev–Trinajstić information content (AvgIpc) is 2.35. The number of anilines is 2. The van der Waals surface area contributed by atoms with Gasteiger partial charge in [0.05, 0.1) is 5.60 Å². The first-order valence-electron chi connectivity index (χ1n) is 6.21. The summed E-state index contributed by atoms with van der Waals surface area (Å²) in [6.07, 6.45) is 0.731. The Kier molecular flexibility index (Phi) is 5.79. The van der Waals surface area contributed by atoms with E-state index in [4.69, 9.17) is 15.2 Å². The lowest BCUT2D eigenvalue weighted by molar-refractivity contribution is -0.121. The lowest BCUT2D eigenvalue weighted by Crippen LogP contribution is -2.26. The van der Waals surface area contributed by atoms with E-state index >= 15 is 0 Å². The third kappa shape index (κ3) is 6.22. The van der Waals surface area contributed by atoms with Gasteiger partial charge in [-0.3, -0.25) is 4.79 Å². The van der Waals surface area contributed by atoms with Gasteiger partial charge in [-0.2, -0.15) is 0 Å². The van der Waals surface area contributed by atoms with Crippen LogP contribution in [-0.4, -0.2) is 31.8 Å². The first kappa shape index (κ1) is 15.5. The van der Waals surface area contributed by atoms with Crippen LogP contribution >= 0.6 is 0 Å². The highest BCUT2D eigenvalue weighted by atomic mass is 16.5. The van der Waals surface area contributed by atoms with Crippen LogP contribution in [0.15, 0.2) is 24.3 Å². The Morgan fingerprint density at radius 1 is 1.42 bits per heavy atom. The molecule has 0 atom stereocenters. The molecule has 106 valence electrons. The average molecular weight is 266 g/mol. The number of nitrogen functional groups attached to an aromatic ring is 1. The van der Waals surface area contributed by atoms with Gasteiger partial charge in [0.1, 0.15) is 6.61 Å². The number of benzene rings is 1. The van der Waals surface area contributed by atoms with E-state index in [0.29, 0.717) is 18.0 Å². The minimum Gasteiger partial charge on any atom is -0.399 e. The SMILES string of the molecule is COC(C)(C)CCOCC(=O)Nc1cccc(N)c1. The molecule has 1 rings (SSSR count). The summed E-state index contributed by atoms with van der Waals surface area (Å²) in [5.74, 6) is -0.194. The predicted molar refractivity (Wildman–Crippen MR) is 76.0 cm³/mol. The summed E-state index contributed by atoms with van der Waals surface area (Å²) in [6.45, 7) is 4.45. The molecule has 0 aliphatic carbocycles. The van der Waals surface area contributed by atoms with Crippen LogP contribution < -0.4 is 11.1 Å². The van der Waals surface area contributed by atoms with Crippen molar-refractivity contribution < 1.29 is 14.3 Å². The Hall–Kier alpha value is -1.59. The van der Waals surface area contributed by atoms with Crippen LogP contribution in [0.4, 0.5) is 11.4 Å². The number of carbonyl (C=O) groups excluding carboxylic acids is 1. The molecule has 5 nitrogen and oxygen atoms in total. The van der Waals surface area contributed by atoms with Crippen molar-refractivity contribution in [2.45, 2.75) is 25.9 Å². The fourth-order valence-corrected chi connectivity index (χ4v) is 1.40. The van der Waals surface area contributed by atoms with Crippen molar-refractivity contribution in [2.75, 3.05) is 31.4 Å². The summed E-state index contributed by atoms with van der Waals surface area (Å²) < 4.78 is 10.6. The minimum atomic E-state index is -0.232. The smallest absolute Gasteiger partial charge is 0.250 e. The number of nitrogens with one attached hydrogen (secondary N) is 1. The van der Waals surface area contributed by atoms with Crippen LogP contribution in [-0.2, 0) is 14.3 Å². The Bertz CT molecular complexity index is 419. The van der Waals surface area contributed by atoms with Crippen LogP contribution in [0.2, 0.25) is 0 Å². The maximum absolute atomic E-state index is 11.6. The number of hydrogen-bond acceptors (Lipinski definition) is 4. The molecule has 1 aromatic rings. The fourth-order valence-electron chi connectivity index (χ4n) is 1.40. The predicted octanol–water partition coefficient (Wildman–Crippen LogP) is 2.04. The van der Waals surface area contributed by atoms with E-state index < -0.39 is 0 Å². The third-order valence-electron chi connectivity index (χ3n) is 2.80. The van der Waals surface area contributed by atoms with Crippen LogP contribution in [0.5, 0.6) is 0 Å². The summed E-state index contributed by atoms with van der Waals surface area (Å²) in [4.78, 5) is 11.6. The zero-order chi connectivity index (χ0) is 14.3. The van der Waals surface area contributed by atoms with Gasteiger partial charge in [-0.1, -0.05) is 6.07 Å². The molecule has 0 aromatic heterocycles. The van der Waals surface area contributed by atoms with Crippen LogP contribution in [0.3, 0.4) is 0 Å². The van der Waals surface area contributed by atoms with Crippen LogP contribution in [0.1, 0.15) is 20.3 Å². The largest absolute Gasteiger partial charge is 0.399 e. The Labute approximate surface area is 114 Å². The van der Waals surface area contributed by atoms with Gasteiger partial charge in [-0.15, -0.1) is 0 Å². The Balaban J connectivity index is 2.25. The van der Waals surface area contributed by atoms with Gasteiger partial charge in [-0.25, -0.2) is 0 Å². The highest BCUT2D eigenvalue weighted by Crippen LogP contribution is 2.13. The van der Waals surface area contributed by atoms with E-state index in [1.165, 1.54) is 0 Å². The first-order valence-corrected chi connectivity index (χ1v) is 6.21. The molecule has 0 aliphatic rings. The van der Waals surface area contributed by atoms with E-state index in [1.807, 2.05) is 13.8 Å². The van der Waals surface area contributed by atoms with E-state index in [2.05, 4.69) is 5.32 Å². The summed E-state index contributed by atoms with van der Waals surface area (Å²) in [6, 6.07) is 7.03. The molecule has 0 aliphatic heterocycles. The molecule has 19 heavy (non-hydrogen) atoms. The van der Waals surface area contributed by atoms with Crippen molar-refractivity contribution in [3.8, 4) is 0 Å². The quantitative estimate of drug-likeness (QED) is 0.585. The topological polar surface area (TPSA) is 73.6 Å². The second-order valence-electron chi connectivity index (χ2n) is 4.94. The normalized spacial score (nSPS) is 11.3. The molecule has 0 fully saturated rings. The Morgan fingerprint density at radius 3 is 2.79 bits per heavy atom. The molecule has 0 heterocycles. The van der Waals surface area contributed by atoms with E-state index in [-0.39, 0.29) is 18.1 Å². The maximum Gasteiger partial charge on any atom is 0.250 e. The highest BCUT2D eigenvalue weighted by Gasteiger charge is 2.15. The molecule has 5 heteroatoms. The number of carbonyl (C=O) groups is 1. The summed E-state index contributed by atoms with van der Waals surface area (Å²) in [5, 5.41) is 2.72. The van der Waals surface area contributed by atoms with Gasteiger partial charge >= 0.3 is 0 Å². The summed E-state index contributed by atoms with van der Waals surface area (Å²) in [5.41, 5.74) is 6.67. The van der Waals surface area contributed by atoms with Crippen molar-refractivity contribution in [2.24, 2.45) is 0 Å². The minimum absolute atomic E-state index is 0.0224. The number of nitrogens with two attached hydrogens (primary N) is 1. The van der Waals surface area contributed by atoms with Crippen molar-refractivity contribution in [3.63, 3.8) is 0 Å². The van der Waals surface area contributed by atoms with E-state index in [1.54, 1.807) is 31.4 Å². The van der Waals surface area contributed by atoms with Crippen molar-refractivity contribution in [1.29, 1.82) is 0 Å². The van der Waals surface area contributed by atoms with Gasteiger partial charge in [0.25, 0.3) is 0 Å². The van der Waals surface area contributed by atoms with Gasteiger partial charge < -0.3 is 20.5 Å². The molecule has 0 spiro atoms. The molecule has 0 saturated heterocycles. The van der Waals surface area contributed by atoms with Crippen molar-refractivity contribution in [1.82, 2.24) is 0 Å². The lowest BCUT2D eigenvalue weighted by atomic mass is 10.1. The highest BCUT2D eigenvalue weighted by molar-refractivity contribution is 5.92. The molecule has 1 aromatic carbocycles. The molecular formula is C14H22N2O3.